The van der Waals surface area contributed by atoms with Crippen LogP contribution in [0.1, 0.15) is 29.8 Å². The molecular formula is C23H22N2O5S2. The second-order valence-corrected chi connectivity index (χ2v) is 8.46. The summed E-state index contributed by atoms with van der Waals surface area (Å²) in [4.78, 5) is 39.2. The molecule has 32 heavy (non-hydrogen) atoms. The Bertz CT molecular complexity index is 1060. The Kier molecular flexibility index (Phi) is 7.66. The molecule has 1 fully saturated rings. The molecule has 0 aliphatic carbocycles. The zero-order valence-corrected chi connectivity index (χ0v) is 19.4. The highest BCUT2D eigenvalue weighted by Gasteiger charge is 2.38. The Morgan fingerprint density at radius 3 is 2.41 bits per heavy atom. The fraction of sp³-hybridized carbons (Fsp3) is 0.217. The number of rotatable bonds is 7. The molecule has 1 unspecified atom stereocenters. The fourth-order valence-electron chi connectivity index (χ4n) is 2.93. The first-order valence-electron chi connectivity index (χ1n) is 9.83. The topological polar surface area (TPSA) is 84.9 Å². The molecule has 0 spiro atoms. The molecule has 0 radical (unpaired) electrons. The van der Waals surface area contributed by atoms with Gasteiger partial charge in [-0.25, -0.2) is 4.79 Å². The second kappa shape index (κ2) is 10.4. The molecule has 166 valence electrons. The van der Waals surface area contributed by atoms with E-state index in [-0.39, 0.29) is 12.5 Å². The molecule has 2 amide bonds. The number of carbonyl (C=O) groups is 3. The largest absolute Gasteiger partial charge is 0.497 e. The lowest BCUT2D eigenvalue weighted by Gasteiger charge is -2.22. The maximum Gasteiger partial charge on any atom is 0.338 e. The minimum absolute atomic E-state index is 0.283. The Morgan fingerprint density at radius 2 is 1.81 bits per heavy atom. The van der Waals surface area contributed by atoms with Gasteiger partial charge in [0.05, 0.1) is 24.2 Å². The first-order chi connectivity index (χ1) is 15.3. The van der Waals surface area contributed by atoms with Crippen LogP contribution >= 0.6 is 24.0 Å². The van der Waals surface area contributed by atoms with E-state index in [0.717, 1.165) is 23.1 Å². The minimum Gasteiger partial charge on any atom is -0.497 e. The van der Waals surface area contributed by atoms with E-state index in [0.29, 0.717) is 20.5 Å². The van der Waals surface area contributed by atoms with Crippen molar-refractivity contribution in [2.45, 2.75) is 19.9 Å². The summed E-state index contributed by atoms with van der Waals surface area (Å²) < 4.78 is 10.4. The molecule has 0 aromatic heterocycles. The van der Waals surface area contributed by atoms with Gasteiger partial charge < -0.3 is 14.8 Å². The predicted molar refractivity (Wildman–Crippen MR) is 128 cm³/mol. The summed E-state index contributed by atoms with van der Waals surface area (Å²) in [6.07, 6.45) is 1.73. The summed E-state index contributed by atoms with van der Waals surface area (Å²) in [5, 5.41) is 2.75. The lowest BCUT2D eigenvalue weighted by Crippen LogP contribution is -2.44. The third-order valence-corrected chi connectivity index (χ3v) is 6.00. The van der Waals surface area contributed by atoms with Gasteiger partial charge in [0.2, 0.25) is 5.91 Å². The number of amides is 2. The maximum atomic E-state index is 12.9. The predicted octanol–water partition coefficient (Wildman–Crippen LogP) is 4.10. The molecule has 0 bridgehead atoms. The molecule has 9 heteroatoms. The van der Waals surface area contributed by atoms with Crippen LogP contribution in [0.15, 0.2) is 53.4 Å². The Morgan fingerprint density at radius 1 is 1.16 bits per heavy atom. The summed E-state index contributed by atoms with van der Waals surface area (Å²) >= 11 is 6.51. The SMILES string of the molecule is CCOC(=O)c1ccc(NC(=O)C(C)N2C(=O)/C(=C/c3ccc(OC)cc3)SC2=S)cc1. The lowest BCUT2D eigenvalue weighted by atomic mass is 10.2. The minimum atomic E-state index is -0.811. The van der Waals surface area contributed by atoms with Gasteiger partial charge in [-0.05, 0) is 61.9 Å². The van der Waals surface area contributed by atoms with E-state index in [1.165, 1.54) is 4.90 Å². The van der Waals surface area contributed by atoms with Gasteiger partial charge in [0, 0.05) is 5.69 Å². The van der Waals surface area contributed by atoms with E-state index >= 15 is 0 Å². The summed E-state index contributed by atoms with van der Waals surface area (Å²) in [5.41, 5.74) is 1.71. The van der Waals surface area contributed by atoms with E-state index in [1.54, 1.807) is 63.4 Å². The third-order valence-electron chi connectivity index (χ3n) is 4.67. The number of nitrogens with zero attached hydrogens (tertiary/aromatic N) is 1. The fourth-order valence-corrected chi connectivity index (χ4v) is 4.35. The van der Waals surface area contributed by atoms with Crippen LogP contribution in [0.4, 0.5) is 5.69 Å². The van der Waals surface area contributed by atoms with E-state index < -0.39 is 17.9 Å². The molecule has 1 heterocycles. The van der Waals surface area contributed by atoms with Crippen molar-refractivity contribution >= 4 is 57.8 Å². The van der Waals surface area contributed by atoms with Crippen molar-refractivity contribution in [3.05, 3.63) is 64.6 Å². The number of ether oxygens (including phenoxy) is 2. The van der Waals surface area contributed by atoms with Crippen molar-refractivity contribution < 1.29 is 23.9 Å². The third kappa shape index (κ3) is 5.35. The summed E-state index contributed by atoms with van der Waals surface area (Å²) in [6, 6.07) is 12.8. The van der Waals surface area contributed by atoms with Gasteiger partial charge in [-0.15, -0.1) is 0 Å². The molecule has 3 rings (SSSR count). The number of thioether (sulfide) groups is 1. The number of carbonyl (C=O) groups excluding carboxylic acids is 3. The van der Waals surface area contributed by atoms with Crippen LogP contribution in [0.2, 0.25) is 0 Å². The standard InChI is InChI=1S/C23H22N2O5S2/c1-4-30-22(28)16-7-9-17(10-8-16)24-20(26)14(2)25-21(27)19(32-23(25)31)13-15-5-11-18(29-3)12-6-15/h5-14H,4H2,1-3H3,(H,24,26)/b19-13-. The second-order valence-electron chi connectivity index (χ2n) is 6.79. The van der Waals surface area contributed by atoms with Crippen LogP contribution < -0.4 is 10.1 Å². The van der Waals surface area contributed by atoms with E-state index in [1.807, 2.05) is 12.1 Å². The Labute approximate surface area is 195 Å². The number of thiocarbonyl (C=S) groups is 1. The number of methoxy groups -OCH3 is 1. The lowest BCUT2D eigenvalue weighted by molar-refractivity contribution is -0.129. The first-order valence-corrected chi connectivity index (χ1v) is 11.1. The highest BCUT2D eigenvalue weighted by Crippen LogP contribution is 2.34. The van der Waals surface area contributed by atoms with Gasteiger partial charge >= 0.3 is 5.97 Å². The Balaban J connectivity index is 1.68. The number of anilines is 1. The number of esters is 1. The number of hydrogen-bond acceptors (Lipinski definition) is 7. The van der Waals surface area contributed by atoms with Crippen LogP contribution in [-0.4, -0.2) is 46.8 Å². The van der Waals surface area contributed by atoms with Gasteiger partial charge in [-0.1, -0.05) is 36.1 Å². The number of hydrogen-bond donors (Lipinski definition) is 1. The zero-order chi connectivity index (χ0) is 23.3. The molecule has 1 aliphatic heterocycles. The van der Waals surface area contributed by atoms with Gasteiger partial charge in [0.1, 0.15) is 16.1 Å². The normalized spacial score (nSPS) is 15.6. The molecule has 2 aromatic rings. The number of benzene rings is 2. The summed E-state index contributed by atoms with van der Waals surface area (Å²) in [6.45, 7) is 3.63. The van der Waals surface area contributed by atoms with Crippen LogP contribution in [0, 0.1) is 0 Å². The van der Waals surface area contributed by atoms with Gasteiger partial charge in [-0.2, -0.15) is 0 Å². The molecule has 2 aromatic carbocycles. The molecule has 1 atom stereocenters. The van der Waals surface area contributed by atoms with Crippen molar-refractivity contribution in [2.24, 2.45) is 0 Å². The van der Waals surface area contributed by atoms with E-state index in [2.05, 4.69) is 5.32 Å². The average molecular weight is 471 g/mol. The summed E-state index contributed by atoms with van der Waals surface area (Å²) in [7, 11) is 1.58. The zero-order valence-electron chi connectivity index (χ0n) is 17.8. The van der Waals surface area contributed by atoms with Crippen LogP contribution in [0.25, 0.3) is 6.08 Å². The monoisotopic (exact) mass is 470 g/mol. The first kappa shape index (κ1) is 23.5. The molecule has 7 nitrogen and oxygen atoms in total. The van der Waals surface area contributed by atoms with Crippen LogP contribution in [0.5, 0.6) is 5.75 Å². The maximum absolute atomic E-state index is 12.9. The molecule has 0 saturated carbocycles. The molecule has 1 N–H and O–H groups in total. The van der Waals surface area contributed by atoms with Crippen molar-refractivity contribution in [3.8, 4) is 5.75 Å². The van der Waals surface area contributed by atoms with Crippen molar-refractivity contribution in [3.63, 3.8) is 0 Å². The Hall–Kier alpha value is -3.17. The number of nitrogens with one attached hydrogen (secondary N) is 1. The van der Waals surface area contributed by atoms with Crippen LogP contribution in [-0.2, 0) is 14.3 Å². The van der Waals surface area contributed by atoms with Crippen molar-refractivity contribution in [1.82, 2.24) is 4.90 Å². The molecule has 1 saturated heterocycles. The summed E-state index contributed by atoms with van der Waals surface area (Å²) in [5.74, 6) is -0.428. The highest BCUT2D eigenvalue weighted by molar-refractivity contribution is 8.26. The van der Waals surface area contributed by atoms with E-state index in [4.69, 9.17) is 21.7 Å². The molecular weight excluding hydrogens is 448 g/mol. The smallest absolute Gasteiger partial charge is 0.338 e. The van der Waals surface area contributed by atoms with Gasteiger partial charge in [-0.3, -0.25) is 14.5 Å². The van der Waals surface area contributed by atoms with Gasteiger partial charge in [0.25, 0.3) is 5.91 Å². The quantitative estimate of drug-likeness (QED) is 0.370. The van der Waals surface area contributed by atoms with E-state index in [9.17, 15) is 14.4 Å². The average Bonchev–Trinajstić information content (AvgIpc) is 3.07. The van der Waals surface area contributed by atoms with Crippen molar-refractivity contribution in [2.75, 3.05) is 19.0 Å². The molecule has 1 aliphatic rings. The van der Waals surface area contributed by atoms with Crippen molar-refractivity contribution in [1.29, 1.82) is 0 Å². The van der Waals surface area contributed by atoms with Gasteiger partial charge in [0.15, 0.2) is 0 Å². The van der Waals surface area contributed by atoms with Crippen LogP contribution in [0.3, 0.4) is 0 Å². The highest BCUT2D eigenvalue weighted by atomic mass is 32.2.